The van der Waals surface area contributed by atoms with Crippen LogP contribution in [0.4, 0.5) is 0 Å². The van der Waals surface area contributed by atoms with E-state index in [-0.39, 0.29) is 5.78 Å². The first-order valence-electron chi connectivity index (χ1n) is 6.44. The van der Waals surface area contributed by atoms with Gasteiger partial charge in [0.1, 0.15) is 0 Å². The predicted molar refractivity (Wildman–Crippen MR) is 108 cm³/mol. The fraction of sp³-hybridized carbons (Fsp3) is 0.286. The maximum absolute atomic E-state index is 11.7. The number of hydrogen-bond acceptors (Lipinski definition) is 4. The van der Waals surface area contributed by atoms with E-state index in [9.17, 15) is 9.59 Å². The zero-order valence-electron chi connectivity index (χ0n) is 11.4. The Morgan fingerprint density at radius 1 is 1.00 bits per heavy atom. The number of carboxylic acids is 1. The van der Waals surface area contributed by atoms with Crippen molar-refractivity contribution in [1.82, 2.24) is 0 Å². The Kier molecular flexibility index (Phi) is 7.49. The van der Waals surface area contributed by atoms with Crippen LogP contribution in [0, 0.1) is 5.92 Å². The normalized spacial score (nSPS) is 13.4. The monoisotopic (exact) mass is 606 g/mol. The number of halogens is 4. The fourth-order valence-corrected chi connectivity index (χ4v) is 7.34. The maximum atomic E-state index is 11.7. The minimum absolute atomic E-state index is 0.274. The summed E-state index contributed by atoms with van der Waals surface area (Å²) in [5.41, 5.74) is 1.14. The molecule has 0 unspecified atom stereocenters. The number of aromatic carboxylic acids is 1. The summed E-state index contributed by atoms with van der Waals surface area (Å²) in [6.45, 7) is 0. The van der Waals surface area contributed by atoms with E-state index in [2.05, 4.69) is 63.7 Å². The lowest BCUT2D eigenvalue weighted by Crippen LogP contribution is -1.98. The molecule has 0 bridgehead atoms. The van der Waals surface area contributed by atoms with Crippen molar-refractivity contribution in [1.29, 1.82) is 0 Å². The van der Waals surface area contributed by atoms with E-state index >= 15 is 0 Å². The molecule has 1 saturated carbocycles. The van der Waals surface area contributed by atoms with Gasteiger partial charge in [-0.15, -0.1) is 22.7 Å². The van der Waals surface area contributed by atoms with Crippen molar-refractivity contribution in [3.05, 3.63) is 38.4 Å². The fourth-order valence-electron chi connectivity index (χ4n) is 1.71. The van der Waals surface area contributed by atoms with Gasteiger partial charge >= 0.3 is 5.97 Å². The van der Waals surface area contributed by atoms with Gasteiger partial charge in [-0.3, -0.25) is 4.79 Å². The van der Waals surface area contributed by atoms with Gasteiger partial charge in [0.25, 0.3) is 0 Å². The molecule has 1 aliphatic rings. The highest BCUT2D eigenvalue weighted by Crippen LogP contribution is 2.37. The van der Waals surface area contributed by atoms with Crippen molar-refractivity contribution in [2.45, 2.75) is 19.3 Å². The smallest absolute Gasteiger partial charge is 0.337 e. The quantitative estimate of drug-likeness (QED) is 0.372. The van der Waals surface area contributed by atoms with Gasteiger partial charge in [0.15, 0.2) is 5.78 Å². The lowest BCUT2D eigenvalue weighted by atomic mass is 10.1. The number of carbonyl (C=O) groups is 2. The molecule has 0 radical (unpaired) electrons. The molecule has 124 valence electrons. The van der Waals surface area contributed by atoms with Gasteiger partial charge in [0.05, 0.1) is 20.7 Å². The van der Waals surface area contributed by atoms with Crippen LogP contribution in [0.15, 0.2) is 27.3 Å². The van der Waals surface area contributed by atoms with E-state index in [1.165, 1.54) is 24.2 Å². The standard InChI is InChI=1S/C9H8Br2OS.C5H2Br2O2S/c10-8-4-6(9(11)13-8)7(12)3-5-1-2-5;6-3-1-2(5(8)9)4(7)10-3/h4-5H,1-3H2;1H,(H,8,9). The average molecular weight is 610 g/mol. The predicted octanol–water partition coefficient (Wildman–Crippen LogP) is 7.23. The Labute approximate surface area is 175 Å². The highest BCUT2D eigenvalue weighted by molar-refractivity contribution is 9.12. The Morgan fingerprint density at radius 2 is 1.48 bits per heavy atom. The Balaban J connectivity index is 0.000000174. The molecule has 3 nitrogen and oxygen atoms in total. The summed E-state index contributed by atoms with van der Waals surface area (Å²) >= 11 is 16.0. The first-order valence-corrected chi connectivity index (χ1v) is 11.2. The van der Waals surface area contributed by atoms with Crippen LogP contribution in [-0.2, 0) is 0 Å². The minimum Gasteiger partial charge on any atom is -0.478 e. The first kappa shape index (κ1) is 19.8. The third-order valence-electron chi connectivity index (χ3n) is 3.02. The summed E-state index contributed by atoms with van der Waals surface area (Å²) in [7, 11) is 0. The van der Waals surface area contributed by atoms with E-state index in [1.807, 2.05) is 6.07 Å². The van der Waals surface area contributed by atoms with Crippen LogP contribution < -0.4 is 0 Å². The zero-order valence-corrected chi connectivity index (χ0v) is 19.4. The first-order chi connectivity index (χ1) is 10.8. The van der Waals surface area contributed by atoms with Crippen molar-refractivity contribution in [3.8, 4) is 0 Å². The highest BCUT2D eigenvalue weighted by atomic mass is 79.9. The molecule has 0 aliphatic heterocycles. The molecule has 1 N–H and O–H groups in total. The molecule has 3 rings (SSSR count). The summed E-state index contributed by atoms with van der Waals surface area (Å²) in [5.74, 6) is 0.0308. The topological polar surface area (TPSA) is 54.4 Å². The summed E-state index contributed by atoms with van der Waals surface area (Å²) in [6, 6.07) is 3.47. The second-order valence-corrected chi connectivity index (χ2v) is 12.4. The summed E-state index contributed by atoms with van der Waals surface area (Å²) in [5, 5.41) is 8.53. The van der Waals surface area contributed by atoms with Gasteiger partial charge in [-0.1, -0.05) is 0 Å². The molecular formula is C14H10Br4O3S2. The highest BCUT2D eigenvalue weighted by Gasteiger charge is 2.26. The average Bonchev–Trinajstić information content (AvgIpc) is 3.09. The number of rotatable bonds is 4. The second kappa shape index (κ2) is 8.71. The van der Waals surface area contributed by atoms with Crippen LogP contribution in [0.2, 0.25) is 0 Å². The van der Waals surface area contributed by atoms with E-state index in [0.717, 1.165) is 23.3 Å². The summed E-state index contributed by atoms with van der Waals surface area (Å²) in [6.07, 6.45) is 3.19. The van der Waals surface area contributed by atoms with E-state index < -0.39 is 5.97 Å². The Hall–Kier alpha value is 0.460. The third kappa shape index (κ3) is 6.04. The Bertz CT molecular complexity index is 734. The molecule has 9 heteroatoms. The molecule has 2 aromatic heterocycles. The molecule has 1 aliphatic carbocycles. The zero-order chi connectivity index (χ0) is 17.1. The van der Waals surface area contributed by atoms with Crippen molar-refractivity contribution in [2.75, 3.05) is 0 Å². The van der Waals surface area contributed by atoms with Crippen molar-refractivity contribution in [3.63, 3.8) is 0 Å². The second-order valence-electron chi connectivity index (χ2n) is 4.85. The van der Waals surface area contributed by atoms with Gasteiger partial charge in [0, 0.05) is 12.0 Å². The third-order valence-corrected chi connectivity index (χ3v) is 7.69. The van der Waals surface area contributed by atoms with Crippen LogP contribution in [0.5, 0.6) is 0 Å². The molecule has 23 heavy (non-hydrogen) atoms. The SMILES string of the molecule is O=C(CC1CC1)c1cc(Br)sc1Br.O=C(O)c1cc(Br)sc1Br. The van der Waals surface area contributed by atoms with Crippen molar-refractivity contribution < 1.29 is 14.7 Å². The van der Waals surface area contributed by atoms with Gasteiger partial charge in [-0.2, -0.15) is 0 Å². The van der Waals surface area contributed by atoms with Gasteiger partial charge in [-0.25, -0.2) is 4.79 Å². The molecular weight excluding hydrogens is 600 g/mol. The lowest BCUT2D eigenvalue weighted by molar-refractivity contribution is 0.0696. The van der Waals surface area contributed by atoms with Crippen LogP contribution in [0.3, 0.4) is 0 Å². The molecule has 2 aromatic rings. The molecule has 1 fully saturated rings. The number of hydrogen-bond donors (Lipinski definition) is 1. The molecule has 0 amide bonds. The van der Waals surface area contributed by atoms with E-state index in [4.69, 9.17) is 5.11 Å². The number of carbonyl (C=O) groups excluding carboxylic acids is 1. The largest absolute Gasteiger partial charge is 0.478 e. The van der Waals surface area contributed by atoms with Crippen molar-refractivity contribution in [2.24, 2.45) is 5.92 Å². The Morgan fingerprint density at radius 3 is 1.78 bits per heavy atom. The van der Waals surface area contributed by atoms with E-state index in [1.54, 1.807) is 17.4 Å². The van der Waals surface area contributed by atoms with Crippen LogP contribution in [0.25, 0.3) is 0 Å². The maximum Gasteiger partial charge on any atom is 0.337 e. The molecule has 0 atom stereocenters. The molecule has 0 spiro atoms. The summed E-state index contributed by atoms with van der Waals surface area (Å²) < 4.78 is 3.42. The number of thiophene rings is 2. The van der Waals surface area contributed by atoms with Crippen LogP contribution >= 0.6 is 86.4 Å². The van der Waals surface area contributed by atoms with Gasteiger partial charge < -0.3 is 5.11 Å². The minimum atomic E-state index is -0.908. The van der Waals surface area contributed by atoms with Gasteiger partial charge in [-0.05, 0) is 94.6 Å². The molecule has 0 saturated heterocycles. The van der Waals surface area contributed by atoms with Crippen LogP contribution in [0.1, 0.15) is 40.0 Å². The number of carboxylic acid groups (broad SMARTS) is 1. The lowest BCUT2D eigenvalue weighted by Gasteiger charge is -1.95. The number of Topliss-reactive ketones (excluding diaryl/α,β-unsaturated/α-hetero) is 1. The number of ketones is 1. The van der Waals surface area contributed by atoms with Gasteiger partial charge in [0.2, 0.25) is 0 Å². The summed E-state index contributed by atoms with van der Waals surface area (Å²) in [4.78, 5) is 22.1. The molecule has 2 heterocycles. The van der Waals surface area contributed by atoms with Crippen LogP contribution in [-0.4, -0.2) is 16.9 Å². The van der Waals surface area contributed by atoms with E-state index in [0.29, 0.717) is 15.3 Å². The van der Waals surface area contributed by atoms with Crippen molar-refractivity contribution >= 4 is 98.1 Å². The molecule has 0 aromatic carbocycles.